The molecule has 0 heterocycles. The van der Waals surface area contributed by atoms with Crippen LogP contribution < -0.4 is 5.73 Å². The maximum Gasteiger partial charge on any atom is 2.00 e. The van der Waals surface area contributed by atoms with Crippen LogP contribution in [0, 0.1) is 59.7 Å². The molecule has 1 radical (unpaired) electrons. The van der Waals surface area contributed by atoms with Gasteiger partial charge in [-0.2, -0.15) is 10.5 Å². The van der Waals surface area contributed by atoms with Crippen LogP contribution in [-0.4, -0.2) is 6.54 Å². The fraction of sp³-hybridized carbons (Fsp3) is 0.824. The Kier molecular flexibility index (Phi) is 24.1. The second-order valence-corrected chi connectivity index (χ2v) is 5.48. The molecule has 21 heavy (non-hydrogen) atoms. The predicted molar refractivity (Wildman–Crippen MR) is 87.4 cm³/mol. The van der Waals surface area contributed by atoms with E-state index in [9.17, 15) is 0 Å². The Hall–Kier alpha value is -0.437. The summed E-state index contributed by atoms with van der Waals surface area (Å²) in [6.07, 6.45) is 2.55. The fourth-order valence-electron chi connectivity index (χ4n) is 3.10. The second kappa shape index (κ2) is 17.6. The van der Waals surface area contributed by atoms with Gasteiger partial charge in [0, 0.05) is 13.8 Å². The van der Waals surface area contributed by atoms with E-state index in [1.807, 2.05) is 0 Å². The van der Waals surface area contributed by atoms with Crippen LogP contribution in [0.5, 0.6) is 0 Å². The van der Waals surface area contributed by atoms with Gasteiger partial charge in [-0.25, -0.2) is 0 Å². The molecule has 4 atom stereocenters. The number of rotatable bonds is 3. The van der Waals surface area contributed by atoms with Crippen molar-refractivity contribution in [1.82, 2.24) is 0 Å². The first-order valence-electron chi connectivity index (χ1n) is 7.24. The normalized spacial score (nSPS) is 28.9. The number of hydrogen-bond donors (Lipinski definition) is 1. The summed E-state index contributed by atoms with van der Waals surface area (Å²) in [7, 11) is 0. The van der Waals surface area contributed by atoms with E-state index in [1.54, 1.807) is 12.1 Å². The molecule has 1 aliphatic carbocycles. The SMILES string of the molecule is CC#N.CC#N.CC1C(C)C(C)C(CCCN)C1C.[CH3-].[Rh+2]. The molecule has 1 saturated carbocycles. The van der Waals surface area contributed by atoms with Gasteiger partial charge in [0.2, 0.25) is 0 Å². The van der Waals surface area contributed by atoms with Crippen LogP contribution in [0.25, 0.3) is 0 Å². The molecule has 0 saturated heterocycles. The summed E-state index contributed by atoms with van der Waals surface area (Å²) >= 11 is 0. The first kappa shape index (κ1) is 28.7. The van der Waals surface area contributed by atoms with Crippen LogP contribution >= 0.6 is 0 Å². The molecule has 0 aromatic carbocycles. The average molecular weight is 383 g/mol. The van der Waals surface area contributed by atoms with E-state index in [2.05, 4.69) is 27.7 Å². The maximum absolute atomic E-state index is 7.32. The van der Waals surface area contributed by atoms with E-state index in [1.165, 1.54) is 26.7 Å². The Morgan fingerprint density at radius 2 is 1.14 bits per heavy atom. The summed E-state index contributed by atoms with van der Waals surface area (Å²) in [6.45, 7) is 13.4. The zero-order chi connectivity index (χ0) is 15.4. The Balaban J connectivity index is -0.000000157. The quantitative estimate of drug-likeness (QED) is 0.580. The molecule has 0 aromatic rings. The maximum atomic E-state index is 7.32. The van der Waals surface area contributed by atoms with Crippen molar-refractivity contribution in [3.8, 4) is 12.1 Å². The Labute approximate surface area is 146 Å². The van der Waals surface area contributed by atoms with Crippen LogP contribution in [-0.2, 0) is 19.5 Å². The minimum atomic E-state index is 0. The molecule has 1 aliphatic rings. The van der Waals surface area contributed by atoms with Gasteiger partial charge in [-0.15, -0.1) is 0 Å². The molecule has 0 spiro atoms. The Bertz CT molecular complexity index is 267. The second-order valence-electron chi connectivity index (χ2n) is 5.48. The van der Waals surface area contributed by atoms with Gasteiger partial charge in [-0.3, -0.25) is 0 Å². The van der Waals surface area contributed by atoms with Gasteiger partial charge < -0.3 is 13.2 Å². The van der Waals surface area contributed by atoms with Gasteiger partial charge in [0.1, 0.15) is 0 Å². The van der Waals surface area contributed by atoms with Gasteiger partial charge in [-0.1, -0.05) is 27.7 Å². The fourth-order valence-corrected chi connectivity index (χ4v) is 3.10. The predicted octanol–water partition coefficient (Wildman–Crippen LogP) is 4.41. The summed E-state index contributed by atoms with van der Waals surface area (Å²) in [4.78, 5) is 0. The Morgan fingerprint density at radius 1 is 0.857 bits per heavy atom. The molecule has 0 aromatic heterocycles. The summed E-state index contributed by atoms with van der Waals surface area (Å²) in [6, 6.07) is 3.50. The van der Waals surface area contributed by atoms with Gasteiger partial charge in [0.05, 0.1) is 12.1 Å². The first-order valence-corrected chi connectivity index (χ1v) is 7.24. The molecule has 3 nitrogen and oxygen atoms in total. The van der Waals surface area contributed by atoms with Crippen molar-refractivity contribution in [3.05, 3.63) is 7.43 Å². The Morgan fingerprint density at radius 3 is 1.38 bits per heavy atom. The summed E-state index contributed by atoms with van der Waals surface area (Å²) in [5, 5.41) is 14.6. The summed E-state index contributed by atoms with van der Waals surface area (Å²) in [5.41, 5.74) is 5.57. The van der Waals surface area contributed by atoms with Crippen molar-refractivity contribution in [3.63, 3.8) is 0 Å². The van der Waals surface area contributed by atoms with E-state index < -0.39 is 0 Å². The smallest absolute Gasteiger partial charge is 0.358 e. The topological polar surface area (TPSA) is 73.6 Å². The molecule has 2 N–H and O–H groups in total. The number of nitrogens with zero attached hydrogens (tertiary/aromatic N) is 2. The number of hydrogen-bond acceptors (Lipinski definition) is 3. The van der Waals surface area contributed by atoms with Crippen LogP contribution in [0.15, 0.2) is 0 Å². The monoisotopic (exact) mass is 383 g/mol. The average Bonchev–Trinajstić information content (AvgIpc) is 2.54. The van der Waals surface area contributed by atoms with Crippen molar-refractivity contribution in [2.45, 2.75) is 54.4 Å². The minimum Gasteiger partial charge on any atom is -0.358 e. The van der Waals surface area contributed by atoms with Gasteiger partial charge in [0.15, 0.2) is 0 Å². The van der Waals surface area contributed by atoms with Gasteiger partial charge in [-0.05, 0) is 49.0 Å². The van der Waals surface area contributed by atoms with E-state index in [-0.39, 0.29) is 26.9 Å². The van der Waals surface area contributed by atoms with E-state index >= 15 is 0 Å². The van der Waals surface area contributed by atoms with E-state index in [0.717, 1.165) is 36.1 Å². The zero-order valence-corrected chi connectivity index (χ0v) is 16.5. The van der Waals surface area contributed by atoms with Crippen molar-refractivity contribution in [2.75, 3.05) is 6.54 Å². The summed E-state index contributed by atoms with van der Waals surface area (Å²) in [5.74, 6) is 4.53. The third kappa shape index (κ3) is 10.9. The molecular formula is C17H34N3Rh+. The van der Waals surface area contributed by atoms with Crippen LogP contribution in [0.1, 0.15) is 54.4 Å². The molecule has 4 heteroatoms. The van der Waals surface area contributed by atoms with Crippen molar-refractivity contribution >= 4 is 0 Å². The third-order valence-electron chi connectivity index (χ3n) is 4.58. The first-order chi connectivity index (χ1) is 8.92. The molecule has 0 bridgehead atoms. The standard InChI is InChI=1S/C12H25N.2C2H3N.CH3.Rh/c1-8-9(2)11(4)12(10(8)3)6-5-7-13;2*1-2-3;;/h8-12H,5-7,13H2,1-4H3;2*1H3;1H3;/q;;;-1;+2. The van der Waals surface area contributed by atoms with E-state index in [4.69, 9.17) is 16.3 Å². The zero-order valence-electron chi connectivity index (χ0n) is 14.8. The van der Waals surface area contributed by atoms with Crippen LogP contribution in [0.3, 0.4) is 0 Å². The third-order valence-corrected chi connectivity index (χ3v) is 4.58. The molecule has 4 unspecified atom stereocenters. The van der Waals surface area contributed by atoms with Gasteiger partial charge >= 0.3 is 19.5 Å². The van der Waals surface area contributed by atoms with Gasteiger partial charge in [0.25, 0.3) is 0 Å². The van der Waals surface area contributed by atoms with Crippen molar-refractivity contribution in [1.29, 1.82) is 10.5 Å². The molecule has 1 rings (SSSR count). The minimum absolute atomic E-state index is 0. The molecular weight excluding hydrogens is 349 g/mol. The largest absolute Gasteiger partial charge is 2.00 e. The summed E-state index contributed by atoms with van der Waals surface area (Å²) < 4.78 is 0. The molecule has 0 aliphatic heterocycles. The van der Waals surface area contributed by atoms with E-state index in [0.29, 0.717) is 0 Å². The molecule has 125 valence electrons. The van der Waals surface area contributed by atoms with Crippen molar-refractivity contribution < 1.29 is 19.5 Å². The molecule has 1 fully saturated rings. The van der Waals surface area contributed by atoms with Crippen molar-refractivity contribution in [2.24, 2.45) is 35.3 Å². The number of nitrogens with two attached hydrogens (primary N) is 1. The van der Waals surface area contributed by atoms with Crippen LogP contribution in [0.4, 0.5) is 0 Å². The molecule has 0 amide bonds. The van der Waals surface area contributed by atoms with Crippen LogP contribution in [0.2, 0.25) is 0 Å². The number of nitriles is 2.